The molecule has 1 saturated heterocycles. The fraction of sp³-hybridized carbons (Fsp3) is 0.318. The van der Waals surface area contributed by atoms with Gasteiger partial charge in [0.05, 0.1) is 13.7 Å². The van der Waals surface area contributed by atoms with Crippen molar-refractivity contribution < 1.29 is 49.3 Å². The van der Waals surface area contributed by atoms with Gasteiger partial charge in [-0.25, -0.2) is 0 Å². The van der Waals surface area contributed by atoms with Crippen LogP contribution in [0.1, 0.15) is 0 Å². The van der Waals surface area contributed by atoms with Crippen molar-refractivity contribution in [2.75, 3.05) is 13.7 Å². The molecule has 1 aromatic heterocycles. The highest BCUT2D eigenvalue weighted by molar-refractivity contribution is 5.89. The average Bonchev–Trinajstić information content (AvgIpc) is 2.79. The monoisotopic (exact) mass is 462 g/mol. The van der Waals surface area contributed by atoms with E-state index in [1.54, 1.807) is 12.1 Å². The molecule has 0 aliphatic carbocycles. The fourth-order valence-corrected chi connectivity index (χ4v) is 3.61. The van der Waals surface area contributed by atoms with E-state index in [2.05, 4.69) is 0 Å². The van der Waals surface area contributed by atoms with Gasteiger partial charge >= 0.3 is 0 Å². The molecule has 1 aliphatic heterocycles. The summed E-state index contributed by atoms with van der Waals surface area (Å²) in [5.74, 6) is -0.790. The van der Waals surface area contributed by atoms with Crippen molar-refractivity contribution in [3.8, 4) is 34.3 Å². The molecule has 0 amide bonds. The molecule has 0 bridgehead atoms. The van der Waals surface area contributed by atoms with Crippen LogP contribution in [0.2, 0.25) is 0 Å². The Morgan fingerprint density at radius 2 is 1.70 bits per heavy atom. The van der Waals surface area contributed by atoms with Gasteiger partial charge in [-0.3, -0.25) is 4.79 Å². The van der Waals surface area contributed by atoms with E-state index in [4.69, 9.17) is 18.6 Å². The average molecular weight is 462 g/mol. The van der Waals surface area contributed by atoms with E-state index in [0.29, 0.717) is 5.56 Å². The zero-order valence-corrected chi connectivity index (χ0v) is 17.3. The van der Waals surface area contributed by atoms with Crippen molar-refractivity contribution in [2.45, 2.75) is 30.7 Å². The molecule has 0 radical (unpaired) electrons. The lowest BCUT2D eigenvalue weighted by Gasteiger charge is -2.39. The first kappa shape index (κ1) is 22.8. The van der Waals surface area contributed by atoms with Crippen LogP contribution in [0, 0.1) is 0 Å². The Morgan fingerprint density at radius 3 is 2.33 bits per heavy atom. The number of methoxy groups -OCH3 is 1. The van der Waals surface area contributed by atoms with Crippen molar-refractivity contribution in [2.24, 2.45) is 0 Å². The molecule has 11 heteroatoms. The Labute approximate surface area is 186 Å². The maximum atomic E-state index is 12.6. The molecule has 176 valence electrons. The van der Waals surface area contributed by atoms with Gasteiger partial charge in [-0.15, -0.1) is 0 Å². The lowest BCUT2D eigenvalue weighted by atomic mass is 9.99. The molecule has 3 aromatic rings. The number of ether oxygens (including phenoxy) is 3. The predicted molar refractivity (Wildman–Crippen MR) is 112 cm³/mol. The number of phenolic OH excluding ortho intramolecular Hbond substituents is 2. The number of aromatic hydroxyl groups is 2. The summed E-state index contributed by atoms with van der Waals surface area (Å²) >= 11 is 0. The van der Waals surface area contributed by atoms with Crippen LogP contribution in [0.3, 0.4) is 0 Å². The third kappa shape index (κ3) is 4.08. The highest BCUT2D eigenvalue weighted by atomic mass is 16.7. The fourth-order valence-electron chi connectivity index (χ4n) is 3.61. The molecule has 11 nitrogen and oxygen atoms in total. The first-order valence-corrected chi connectivity index (χ1v) is 9.89. The lowest BCUT2D eigenvalue weighted by Crippen LogP contribution is -2.60. The van der Waals surface area contributed by atoms with E-state index in [1.807, 2.05) is 0 Å². The van der Waals surface area contributed by atoms with E-state index in [0.717, 1.165) is 6.07 Å². The number of aliphatic hydroxyl groups is 4. The van der Waals surface area contributed by atoms with E-state index < -0.39 is 54.2 Å². The van der Waals surface area contributed by atoms with Crippen molar-refractivity contribution >= 4 is 11.0 Å². The highest BCUT2D eigenvalue weighted by Crippen LogP contribution is 2.41. The van der Waals surface area contributed by atoms with Crippen molar-refractivity contribution in [3.63, 3.8) is 0 Å². The first-order valence-electron chi connectivity index (χ1n) is 9.89. The largest absolute Gasteiger partial charge is 0.504 e. The van der Waals surface area contributed by atoms with Gasteiger partial charge in [-0.2, -0.15) is 0 Å². The third-order valence-corrected chi connectivity index (χ3v) is 5.37. The Morgan fingerprint density at radius 1 is 1.00 bits per heavy atom. The molecule has 33 heavy (non-hydrogen) atoms. The van der Waals surface area contributed by atoms with Crippen LogP contribution in [0.4, 0.5) is 0 Å². The molecular formula is C22H22O11. The molecule has 4 rings (SSSR count). The molecule has 0 spiro atoms. The second-order valence-corrected chi connectivity index (χ2v) is 7.47. The summed E-state index contributed by atoms with van der Waals surface area (Å²) in [5.41, 5.74) is -0.136. The van der Waals surface area contributed by atoms with Crippen LogP contribution < -0.4 is 14.9 Å². The normalized spacial score (nSPS) is 25.2. The SMILES string of the molecule is COc1c(O)cc2oc(-c3ccc(O[C@H]4O[C@@H](CO)[C@H](O)[C@@H](O)[C@@H]4O)cc3)cc(=O)c2c1O. The van der Waals surface area contributed by atoms with Crippen LogP contribution in [-0.2, 0) is 4.74 Å². The number of phenols is 2. The number of hydrogen-bond donors (Lipinski definition) is 6. The predicted octanol–water partition coefficient (Wildman–Crippen LogP) is 0.0585. The molecular weight excluding hydrogens is 440 g/mol. The standard InChI is InChI=1S/C22H22O11/c1-30-21-12(25)7-14-16(18(21)27)11(24)6-13(32-14)9-2-4-10(5-3-9)31-22-20(29)19(28)17(26)15(8-23)33-22/h2-7,15,17,19-20,22-23,25-29H,8H2,1H3/t15-,17-,19+,20-,22-/m0/s1. The highest BCUT2D eigenvalue weighted by Gasteiger charge is 2.44. The number of aliphatic hydroxyl groups excluding tert-OH is 4. The van der Waals surface area contributed by atoms with Crippen molar-refractivity contribution in [3.05, 3.63) is 46.6 Å². The second kappa shape index (κ2) is 8.89. The summed E-state index contributed by atoms with van der Waals surface area (Å²) in [6.07, 6.45) is -7.07. The number of hydrogen-bond acceptors (Lipinski definition) is 11. The van der Waals surface area contributed by atoms with Crippen LogP contribution in [0.25, 0.3) is 22.3 Å². The summed E-state index contributed by atoms with van der Waals surface area (Å²) in [4.78, 5) is 12.6. The van der Waals surface area contributed by atoms with Crippen LogP contribution >= 0.6 is 0 Å². The van der Waals surface area contributed by atoms with Gasteiger partial charge in [-0.1, -0.05) is 0 Å². The zero-order chi connectivity index (χ0) is 23.9. The summed E-state index contributed by atoms with van der Waals surface area (Å²) in [7, 11) is 1.24. The van der Waals surface area contributed by atoms with Crippen LogP contribution in [0.15, 0.2) is 45.6 Å². The maximum absolute atomic E-state index is 12.6. The van der Waals surface area contributed by atoms with Crippen LogP contribution in [0.5, 0.6) is 23.0 Å². The minimum absolute atomic E-state index is 0.0463. The molecule has 6 N–H and O–H groups in total. The maximum Gasteiger partial charge on any atom is 0.229 e. The molecule has 0 saturated carbocycles. The zero-order valence-electron chi connectivity index (χ0n) is 17.3. The van der Waals surface area contributed by atoms with Gasteiger partial charge in [0, 0.05) is 17.7 Å². The Bertz CT molecular complexity index is 1200. The van der Waals surface area contributed by atoms with Gasteiger partial charge in [0.2, 0.25) is 12.0 Å². The quantitative estimate of drug-likeness (QED) is 0.302. The van der Waals surface area contributed by atoms with Gasteiger partial charge in [0.25, 0.3) is 0 Å². The summed E-state index contributed by atoms with van der Waals surface area (Å²) in [5, 5.41) is 59.1. The van der Waals surface area contributed by atoms with E-state index >= 15 is 0 Å². The number of fused-ring (bicyclic) bond motifs is 1. The minimum Gasteiger partial charge on any atom is -0.504 e. The third-order valence-electron chi connectivity index (χ3n) is 5.37. The molecule has 5 atom stereocenters. The number of rotatable bonds is 5. The van der Waals surface area contributed by atoms with E-state index in [9.17, 15) is 35.4 Å². The van der Waals surface area contributed by atoms with Crippen molar-refractivity contribution in [1.82, 2.24) is 0 Å². The second-order valence-electron chi connectivity index (χ2n) is 7.47. The first-order chi connectivity index (χ1) is 15.7. The Hall–Kier alpha value is -3.35. The molecule has 0 unspecified atom stereocenters. The van der Waals surface area contributed by atoms with Gasteiger partial charge in [-0.05, 0) is 24.3 Å². The smallest absolute Gasteiger partial charge is 0.229 e. The summed E-state index contributed by atoms with van der Waals surface area (Å²) < 4.78 is 21.4. The summed E-state index contributed by atoms with van der Waals surface area (Å²) in [6.45, 7) is -0.582. The molecule has 1 fully saturated rings. The Kier molecular flexibility index (Phi) is 6.15. The number of benzene rings is 2. The topological polar surface area (TPSA) is 179 Å². The summed E-state index contributed by atoms with van der Waals surface area (Å²) in [6, 6.07) is 8.41. The van der Waals surface area contributed by atoms with Crippen LogP contribution in [-0.4, -0.2) is 75.1 Å². The molecule has 2 heterocycles. The molecule has 1 aliphatic rings. The van der Waals surface area contributed by atoms with Crippen molar-refractivity contribution in [1.29, 1.82) is 0 Å². The lowest BCUT2D eigenvalue weighted by molar-refractivity contribution is -0.277. The van der Waals surface area contributed by atoms with Gasteiger partial charge in [0.1, 0.15) is 46.9 Å². The van der Waals surface area contributed by atoms with Gasteiger partial charge in [0.15, 0.2) is 16.9 Å². The molecule has 2 aromatic carbocycles. The Balaban J connectivity index is 1.60. The van der Waals surface area contributed by atoms with Gasteiger partial charge < -0.3 is 49.3 Å². The van der Waals surface area contributed by atoms with E-state index in [1.165, 1.54) is 25.3 Å². The van der Waals surface area contributed by atoms with E-state index in [-0.39, 0.29) is 28.2 Å². The minimum atomic E-state index is -1.57.